The number of oxime groups is 1. The van der Waals surface area contributed by atoms with Crippen LogP contribution in [-0.4, -0.2) is 17.0 Å². The Balaban J connectivity index is 2.90. The smallest absolute Gasteiger partial charge is 0.234 e. The molecule has 0 saturated carbocycles. The molecule has 4 N–H and O–H groups in total. The highest BCUT2D eigenvalue weighted by Crippen LogP contribution is 2.29. The predicted octanol–water partition coefficient (Wildman–Crippen LogP) is 2.48. The molecule has 1 heterocycles. The minimum absolute atomic E-state index is 0.0339. The maximum Gasteiger partial charge on any atom is 0.234 e. The van der Waals surface area contributed by atoms with Gasteiger partial charge in [-0.15, -0.1) is 11.3 Å². The summed E-state index contributed by atoms with van der Waals surface area (Å²) in [5.41, 5.74) is 4.77. The van der Waals surface area contributed by atoms with Gasteiger partial charge in [0, 0.05) is 4.88 Å². The van der Waals surface area contributed by atoms with Crippen LogP contribution in [0.2, 0.25) is 0 Å². The van der Waals surface area contributed by atoms with E-state index in [0.29, 0.717) is 12.8 Å². The standard InChI is InChI=1S/C13H21N3O2S/c1-4-13(5-2,11(14)16-18)12(17)15-9(3)10-7-6-8-19-10/h6-9,18H,4-5H2,1-3H3,(H2,14,16)(H,15,17). The first-order valence-corrected chi connectivity index (χ1v) is 7.22. The molecule has 5 nitrogen and oxygen atoms in total. The minimum Gasteiger partial charge on any atom is -0.409 e. The lowest BCUT2D eigenvalue weighted by Crippen LogP contribution is -2.49. The van der Waals surface area contributed by atoms with Gasteiger partial charge in [0.1, 0.15) is 5.41 Å². The van der Waals surface area contributed by atoms with Crippen LogP contribution in [0.15, 0.2) is 22.7 Å². The van der Waals surface area contributed by atoms with E-state index in [9.17, 15) is 4.79 Å². The lowest BCUT2D eigenvalue weighted by molar-refractivity contribution is -0.128. The second kappa shape index (κ2) is 6.56. The van der Waals surface area contributed by atoms with Crippen molar-refractivity contribution in [3.05, 3.63) is 22.4 Å². The lowest BCUT2D eigenvalue weighted by Gasteiger charge is -2.30. The zero-order valence-electron chi connectivity index (χ0n) is 11.5. The van der Waals surface area contributed by atoms with Crippen LogP contribution >= 0.6 is 11.3 Å². The zero-order chi connectivity index (χ0) is 14.5. The van der Waals surface area contributed by atoms with E-state index in [1.807, 2.05) is 38.3 Å². The van der Waals surface area contributed by atoms with E-state index < -0.39 is 5.41 Å². The lowest BCUT2D eigenvalue weighted by atomic mass is 9.80. The Bertz CT molecular complexity index is 439. The molecule has 0 fully saturated rings. The number of carbonyl (C=O) groups excluding carboxylic acids is 1. The maximum absolute atomic E-state index is 12.5. The zero-order valence-corrected chi connectivity index (χ0v) is 12.3. The second-order valence-electron chi connectivity index (χ2n) is 4.49. The van der Waals surface area contributed by atoms with E-state index in [0.717, 1.165) is 4.88 Å². The summed E-state index contributed by atoms with van der Waals surface area (Å²) in [5.74, 6) is -0.234. The van der Waals surface area contributed by atoms with Gasteiger partial charge in [0.05, 0.1) is 6.04 Å². The topological polar surface area (TPSA) is 87.7 Å². The van der Waals surface area contributed by atoms with E-state index in [1.165, 1.54) is 0 Å². The van der Waals surface area contributed by atoms with Gasteiger partial charge >= 0.3 is 0 Å². The quantitative estimate of drug-likeness (QED) is 0.324. The summed E-state index contributed by atoms with van der Waals surface area (Å²) in [4.78, 5) is 13.5. The van der Waals surface area contributed by atoms with Gasteiger partial charge < -0.3 is 16.3 Å². The monoisotopic (exact) mass is 283 g/mol. The number of nitrogens with one attached hydrogen (secondary N) is 1. The molecule has 1 aromatic heterocycles. The van der Waals surface area contributed by atoms with Crippen molar-refractivity contribution in [2.75, 3.05) is 0 Å². The average Bonchev–Trinajstić information content (AvgIpc) is 2.94. The summed E-state index contributed by atoms with van der Waals surface area (Å²) in [6.07, 6.45) is 0.977. The van der Waals surface area contributed by atoms with Crippen LogP contribution in [0.1, 0.15) is 44.5 Å². The number of hydrogen-bond acceptors (Lipinski definition) is 4. The van der Waals surface area contributed by atoms with Crippen LogP contribution in [0, 0.1) is 5.41 Å². The average molecular weight is 283 g/mol. The molecule has 0 radical (unpaired) electrons. The van der Waals surface area contributed by atoms with Crippen molar-refractivity contribution in [2.24, 2.45) is 16.3 Å². The van der Waals surface area contributed by atoms with Gasteiger partial charge in [0.25, 0.3) is 0 Å². The Morgan fingerprint density at radius 2 is 2.21 bits per heavy atom. The van der Waals surface area contributed by atoms with Gasteiger partial charge in [-0.05, 0) is 31.2 Å². The van der Waals surface area contributed by atoms with Crippen molar-refractivity contribution in [1.29, 1.82) is 0 Å². The molecular weight excluding hydrogens is 262 g/mol. The maximum atomic E-state index is 12.5. The van der Waals surface area contributed by atoms with Gasteiger partial charge in [-0.25, -0.2) is 0 Å². The molecular formula is C13H21N3O2S. The molecule has 1 rings (SSSR count). The van der Waals surface area contributed by atoms with Crippen LogP contribution in [0.5, 0.6) is 0 Å². The minimum atomic E-state index is -0.944. The number of rotatable bonds is 6. The number of amidine groups is 1. The third kappa shape index (κ3) is 3.07. The molecule has 1 aromatic rings. The Morgan fingerprint density at radius 1 is 1.58 bits per heavy atom. The Morgan fingerprint density at radius 3 is 2.63 bits per heavy atom. The van der Waals surface area contributed by atoms with E-state index in [2.05, 4.69) is 10.5 Å². The van der Waals surface area contributed by atoms with Gasteiger partial charge in [0.15, 0.2) is 5.84 Å². The van der Waals surface area contributed by atoms with Gasteiger partial charge in [-0.2, -0.15) is 0 Å². The van der Waals surface area contributed by atoms with Crippen molar-refractivity contribution >= 4 is 23.1 Å². The van der Waals surface area contributed by atoms with Crippen molar-refractivity contribution in [1.82, 2.24) is 5.32 Å². The highest BCUT2D eigenvalue weighted by molar-refractivity contribution is 7.10. The van der Waals surface area contributed by atoms with E-state index in [4.69, 9.17) is 10.9 Å². The molecule has 1 atom stereocenters. The van der Waals surface area contributed by atoms with Crippen LogP contribution in [0.25, 0.3) is 0 Å². The SMILES string of the molecule is CCC(CC)(C(=O)NC(C)c1cccs1)C(N)=NO. The molecule has 0 bridgehead atoms. The number of carbonyl (C=O) groups is 1. The predicted molar refractivity (Wildman–Crippen MR) is 77.3 cm³/mol. The number of thiophene rings is 1. The van der Waals surface area contributed by atoms with Crippen LogP contribution in [0.3, 0.4) is 0 Å². The van der Waals surface area contributed by atoms with E-state index in [-0.39, 0.29) is 17.8 Å². The summed E-state index contributed by atoms with van der Waals surface area (Å²) < 4.78 is 0. The molecule has 0 aliphatic carbocycles. The second-order valence-corrected chi connectivity index (χ2v) is 5.46. The van der Waals surface area contributed by atoms with Crippen molar-refractivity contribution in [2.45, 2.75) is 39.7 Å². The van der Waals surface area contributed by atoms with E-state index >= 15 is 0 Å². The van der Waals surface area contributed by atoms with Gasteiger partial charge in [0.2, 0.25) is 5.91 Å². The summed E-state index contributed by atoms with van der Waals surface area (Å²) in [7, 11) is 0. The molecule has 19 heavy (non-hydrogen) atoms. The van der Waals surface area contributed by atoms with Crippen LogP contribution < -0.4 is 11.1 Å². The molecule has 1 amide bonds. The molecule has 0 aliphatic rings. The fourth-order valence-corrected chi connectivity index (χ4v) is 2.82. The molecule has 106 valence electrons. The number of nitrogens with two attached hydrogens (primary N) is 1. The highest BCUT2D eigenvalue weighted by Gasteiger charge is 2.40. The van der Waals surface area contributed by atoms with E-state index in [1.54, 1.807) is 11.3 Å². The Labute approximate surface area is 117 Å². The third-order valence-electron chi connectivity index (χ3n) is 3.56. The number of nitrogens with zero attached hydrogens (tertiary/aromatic N) is 1. The van der Waals surface area contributed by atoms with Gasteiger partial charge in [-0.1, -0.05) is 25.1 Å². The fraction of sp³-hybridized carbons (Fsp3) is 0.538. The highest BCUT2D eigenvalue weighted by atomic mass is 32.1. The summed E-state index contributed by atoms with van der Waals surface area (Å²) in [5, 5.41) is 16.8. The number of amides is 1. The Hall–Kier alpha value is -1.56. The summed E-state index contributed by atoms with van der Waals surface area (Å²) in [6.45, 7) is 5.64. The molecule has 1 unspecified atom stereocenters. The Kier molecular flexibility index (Phi) is 5.35. The fourth-order valence-electron chi connectivity index (χ4n) is 2.09. The van der Waals surface area contributed by atoms with Crippen molar-refractivity contribution in [3.8, 4) is 0 Å². The van der Waals surface area contributed by atoms with Crippen LogP contribution in [-0.2, 0) is 4.79 Å². The normalized spacial score (nSPS) is 14.2. The molecule has 6 heteroatoms. The van der Waals surface area contributed by atoms with Crippen molar-refractivity contribution < 1.29 is 10.0 Å². The van der Waals surface area contributed by atoms with Gasteiger partial charge in [-0.3, -0.25) is 4.79 Å². The largest absolute Gasteiger partial charge is 0.409 e. The first-order valence-electron chi connectivity index (χ1n) is 6.34. The first kappa shape index (κ1) is 15.5. The third-order valence-corrected chi connectivity index (χ3v) is 4.61. The summed E-state index contributed by atoms with van der Waals surface area (Å²) in [6, 6.07) is 3.83. The summed E-state index contributed by atoms with van der Waals surface area (Å²) >= 11 is 1.59. The number of hydrogen-bond donors (Lipinski definition) is 3. The molecule has 0 saturated heterocycles. The molecule has 0 spiro atoms. The first-order chi connectivity index (χ1) is 9.01. The molecule has 0 aromatic carbocycles. The van der Waals surface area contributed by atoms with Crippen molar-refractivity contribution in [3.63, 3.8) is 0 Å². The van der Waals surface area contributed by atoms with Crippen LogP contribution in [0.4, 0.5) is 0 Å². The molecule has 0 aliphatic heterocycles.